The predicted octanol–water partition coefficient (Wildman–Crippen LogP) is 4.93. The number of anilines is 2. The summed E-state index contributed by atoms with van der Waals surface area (Å²) in [6, 6.07) is 11.4. The number of nitrogens with zero attached hydrogens (tertiary/aromatic N) is 1. The van der Waals surface area contributed by atoms with E-state index in [4.69, 9.17) is 11.6 Å². The van der Waals surface area contributed by atoms with E-state index in [2.05, 4.69) is 15.6 Å². The molecule has 0 atom stereocenters. The van der Waals surface area contributed by atoms with Crippen molar-refractivity contribution < 1.29 is 4.79 Å². The number of carbonyl (C=O) groups excluding carboxylic acids is 1. The maximum atomic E-state index is 12.3. The largest absolute Gasteiger partial charge is 0.354 e. The van der Waals surface area contributed by atoms with Crippen molar-refractivity contribution in [3.05, 3.63) is 53.3 Å². The van der Waals surface area contributed by atoms with Gasteiger partial charge in [-0.2, -0.15) is 0 Å². The van der Waals surface area contributed by atoms with E-state index in [9.17, 15) is 4.79 Å². The molecule has 1 fully saturated rings. The lowest BCUT2D eigenvalue weighted by Gasteiger charge is -2.16. The summed E-state index contributed by atoms with van der Waals surface area (Å²) in [5.41, 5.74) is 2.17. The van der Waals surface area contributed by atoms with E-state index in [-0.39, 0.29) is 11.9 Å². The molecule has 0 saturated heterocycles. The van der Waals surface area contributed by atoms with Crippen molar-refractivity contribution in [3.8, 4) is 0 Å². The van der Waals surface area contributed by atoms with Gasteiger partial charge in [-0.15, -0.1) is 0 Å². The lowest BCUT2D eigenvalue weighted by atomic mass is 10.1. The van der Waals surface area contributed by atoms with Gasteiger partial charge in [0.05, 0.1) is 11.9 Å². The number of pyridine rings is 1. The fourth-order valence-electron chi connectivity index (χ4n) is 3.02. The van der Waals surface area contributed by atoms with Gasteiger partial charge in [-0.3, -0.25) is 4.79 Å². The Morgan fingerprint density at radius 2 is 1.83 bits per heavy atom. The van der Waals surface area contributed by atoms with Crippen LogP contribution in [0.2, 0.25) is 5.02 Å². The molecule has 2 aromatic rings. The Bertz CT molecular complexity index is 679. The van der Waals surface area contributed by atoms with Gasteiger partial charge in [-0.25, -0.2) is 4.98 Å². The number of benzene rings is 1. The molecule has 24 heavy (non-hydrogen) atoms. The molecule has 4 nitrogen and oxygen atoms in total. The van der Waals surface area contributed by atoms with Crippen molar-refractivity contribution in [1.29, 1.82) is 0 Å². The monoisotopic (exact) mass is 343 g/mol. The van der Waals surface area contributed by atoms with Crippen LogP contribution < -0.4 is 10.6 Å². The van der Waals surface area contributed by atoms with Crippen LogP contribution in [0.1, 0.15) is 49.0 Å². The summed E-state index contributed by atoms with van der Waals surface area (Å²) >= 11 is 5.97. The minimum atomic E-state index is -0.0868. The SMILES string of the molecule is O=C(NC1CCCCCC1)c1ccc(Nc2cccc(Cl)c2)cn1. The number of amides is 1. The van der Waals surface area contributed by atoms with Gasteiger partial charge in [0, 0.05) is 16.8 Å². The predicted molar refractivity (Wildman–Crippen MR) is 97.9 cm³/mol. The minimum Gasteiger partial charge on any atom is -0.354 e. The van der Waals surface area contributed by atoms with Crippen molar-refractivity contribution in [3.63, 3.8) is 0 Å². The van der Waals surface area contributed by atoms with Crippen LogP contribution in [-0.2, 0) is 0 Å². The Morgan fingerprint density at radius 1 is 1.04 bits per heavy atom. The van der Waals surface area contributed by atoms with Crippen LogP contribution in [-0.4, -0.2) is 16.9 Å². The number of nitrogens with one attached hydrogen (secondary N) is 2. The third kappa shape index (κ3) is 4.71. The second-order valence-electron chi connectivity index (χ2n) is 6.23. The van der Waals surface area contributed by atoms with E-state index in [1.54, 1.807) is 12.3 Å². The van der Waals surface area contributed by atoms with E-state index < -0.39 is 0 Å². The number of halogens is 1. The van der Waals surface area contributed by atoms with Gasteiger partial charge in [-0.05, 0) is 43.2 Å². The summed E-state index contributed by atoms with van der Waals surface area (Å²) < 4.78 is 0. The normalized spacial score (nSPS) is 15.5. The van der Waals surface area contributed by atoms with E-state index in [0.29, 0.717) is 10.7 Å². The Balaban J connectivity index is 1.60. The summed E-state index contributed by atoms with van der Waals surface area (Å²) in [6.45, 7) is 0. The fraction of sp³-hybridized carbons (Fsp3) is 0.368. The van der Waals surface area contributed by atoms with E-state index in [1.807, 2.05) is 30.3 Å². The molecule has 3 rings (SSSR count). The first kappa shape index (κ1) is 16.8. The van der Waals surface area contributed by atoms with Gasteiger partial charge in [0.25, 0.3) is 5.91 Å². The summed E-state index contributed by atoms with van der Waals surface area (Å²) in [4.78, 5) is 16.6. The van der Waals surface area contributed by atoms with E-state index in [0.717, 1.165) is 24.2 Å². The third-order valence-corrected chi connectivity index (χ3v) is 4.53. The highest BCUT2D eigenvalue weighted by Gasteiger charge is 2.16. The van der Waals surface area contributed by atoms with Gasteiger partial charge < -0.3 is 10.6 Å². The molecule has 1 aromatic heterocycles. The molecule has 1 saturated carbocycles. The summed E-state index contributed by atoms with van der Waals surface area (Å²) in [5, 5.41) is 7.01. The fourth-order valence-corrected chi connectivity index (χ4v) is 3.21. The van der Waals surface area contributed by atoms with Crippen molar-refractivity contribution in [2.75, 3.05) is 5.32 Å². The molecule has 126 valence electrons. The summed E-state index contributed by atoms with van der Waals surface area (Å²) in [5.74, 6) is -0.0868. The van der Waals surface area contributed by atoms with Crippen molar-refractivity contribution in [2.45, 2.75) is 44.6 Å². The maximum absolute atomic E-state index is 12.3. The minimum absolute atomic E-state index is 0.0868. The Labute approximate surface area is 147 Å². The average molecular weight is 344 g/mol. The molecule has 1 aliphatic carbocycles. The van der Waals surface area contributed by atoms with Gasteiger partial charge >= 0.3 is 0 Å². The smallest absolute Gasteiger partial charge is 0.270 e. The second-order valence-corrected chi connectivity index (χ2v) is 6.67. The standard InChI is InChI=1S/C19H22ClN3O/c20-14-6-5-9-16(12-14)22-17-10-11-18(21-13-17)19(24)23-15-7-3-1-2-4-8-15/h5-6,9-13,15,22H,1-4,7-8H2,(H,23,24). The van der Waals surface area contributed by atoms with Gasteiger partial charge in [-0.1, -0.05) is 43.4 Å². The number of hydrogen-bond donors (Lipinski definition) is 2. The van der Waals surface area contributed by atoms with Crippen LogP contribution in [0.3, 0.4) is 0 Å². The van der Waals surface area contributed by atoms with E-state index >= 15 is 0 Å². The van der Waals surface area contributed by atoms with Crippen LogP contribution in [0.4, 0.5) is 11.4 Å². The molecule has 2 N–H and O–H groups in total. The van der Waals surface area contributed by atoms with Crippen molar-refractivity contribution in [1.82, 2.24) is 10.3 Å². The quantitative estimate of drug-likeness (QED) is 0.774. The third-order valence-electron chi connectivity index (χ3n) is 4.30. The Hall–Kier alpha value is -2.07. The number of carbonyl (C=O) groups is 1. The lowest BCUT2D eigenvalue weighted by Crippen LogP contribution is -2.34. The Morgan fingerprint density at radius 3 is 2.50 bits per heavy atom. The second kappa shape index (κ2) is 8.15. The molecule has 0 bridgehead atoms. The summed E-state index contributed by atoms with van der Waals surface area (Å²) in [6.07, 6.45) is 8.74. The highest BCUT2D eigenvalue weighted by molar-refractivity contribution is 6.30. The first-order valence-corrected chi connectivity index (χ1v) is 8.88. The zero-order valence-corrected chi connectivity index (χ0v) is 14.4. The van der Waals surface area contributed by atoms with Gasteiger partial charge in [0.15, 0.2) is 0 Å². The zero-order chi connectivity index (χ0) is 16.8. The van der Waals surface area contributed by atoms with Crippen molar-refractivity contribution in [2.24, 2.45) is 0 Å². The van der Waals surface area contributed by atoms with Crippen LogP contribution in [0, 0.1) is 0 Å². The van der Waals surface area contributed by atoms with Crippen LogP contribution in [0.5, 0.6) is 0 Å². The molecule has 1 aliphatic rings. The molecule has 5 heteroatoms. The molecule has 1 amide bonds. The summed E-state index contributed by atoms with van der Waals surface area (Å²) in [7, 11) is 0. The van der Waals surface area contributed by atoms with Crippen LogP contribution in [0.15, 0.2) is 42.6 Å². The van der Waals surface area contributed by atoms with E-state index in [1.165, 1.54) is 25.7 Å². The molecule has 0 aliphatic heterocycles. The van der Waals surface area contributed by atoms with Crippen molar-refractivity contribution >= 4 is 28.9 Å². The molecule has 1 heterocycles. The lowest BCUT2D eigenvalue weighted by molar-refractivity contribution is 0.0928. The van der Waals surface area contributed by atoms with Crippen LogP contribution in [0.25, 0.3) is 0 Å². The molecular formula is C19H22ClN3O. The first-order chi connectivity index (χ1) is 11.7. The topological polar surface area (TPSA) is 54.0 Å². The number of rotatable bonds is 4. The highest BCUT2D eigenvalue weighted by atomic mass is 35.5. The molecular weight excluding hydrogens is 322 g/mol. The highest BCUT2D eigenvalue weighted by Crippen LogP contribution is 2.20. The van der Waals surface area contributed by atoms with Gasteiger partial charge in [0.2, 0.25) is 0 Å². The molecule has 0 radical (unpaired) electrons. The zero-order valence-electron chi connectivity index (χ0n) is 13.6. The molecule has 0 spiro atoms. The molecule has 1 aromatic carbocycles. The number of hydrogen-bond acceptors (Lipinski definition) is 3. The molecule has 0 unspecified atom stereocenters. The first-order valence-electron chi connectivity index (χ1n) is 8.50. The maximum Gasteiger partial charge on any atom is 0.270 e. The van der Waals surface area contributed by atoms with Gasteiger partial charge in [0.1, 0.15) is 5.69 Å². The Kier molecular flexibility index (Phi) is 5.70. The average Bonchev–Trinajstić information content (AvgIpc) is 2.84. The van der Waals surface area contributed by atoms with Crippen LogP contribution >= 0.6 is 11.6 Å². The number of aromatic nitrogens is 1.